The Balaban J connectivity index is 0. The first-order valence-corrected chi connectivity index (χ1v) is 2.82. The number of quaternary nitrogens is 2. The lowest BCUT2D eigenvalue weighted by atomic mass is 10.2. The summed E-state index contributed by atoms with van der Waals surface area (Å²) in [6.45, 7) is 0. The van der Waals surface area contributed by atoms with Crippen LogP contribution in [0.15, 0.2) is 30.3 Å². The molecular formula is C6H13BN2O3. The van der Waals surface area contributed by atoms with Crippen LogP contribution < -0.4 is 27.0 Å². The topological polar surface area (TPSA) is 128 Å². The van der Waals surface area contributed by atoms with Gasteiger partial charge in [-0.25, -0.2) is 0 Å². The van der Waals surface area contributed by atoms with E-state index in [0.29, 0.717) is 5.75 Å². The fourth-order valence-electron chi connectivity index (χ4n) is 0.610. The third kappa shape index (κ3) is 4.70. The lowest BCUT2D eigenvalue weighted by Gasteiger charge is -2.26. The van der Waals surface area contributed by atoms with Gasteiger partial charge in [-0.2, -0.15) is 0 Å². The summed E-state index contributed by atoms with van der Waals surface area (Å²) < 4.78 is 4.30. The van der Waals surface area contributed by atoms with E-state index in [1.54, 1.807) is 30.3 Å². The normalized spacial score (nSPS) is 7.50. The van der Waals surface area contributed by atoms with Crippen molar-refractivity contribution >= 4 is 7.32 Å². The Kier molecular flexibility index (Phi) is 7.46. The van der Waals surface area contributed by atoms with Crippen molar-refractivity contribution in [3.63, 3.8) is 0 Å². The van der Waals surface area contributed by atoms with Crippen LogP contribution in [0.4, 0.5) is 0 Å². The van der Waals surface area contributed by atoms with Gasteiger partial charge in [0.05, 0.1) is 5.75 Å². The highest BCUT2D eigenvalue weighted by Crippen LogP contribution is 2.06. The maximum atomic E-state index is 9.92. The first kappa shape index (κ1) is 13.5. The van der Waals surface area contributed by atoms with Crippen LogP contribution in [-0.4, -0.2) is 7.32 Å². The van der Waals surface area contributed by atoms with Gasteiger partial charge in [0.1, 0.15) is 7.32 Å². The molecule has 0 unspecified atom stereocenters. The monoisotopic (exact) mass is 172 g/mol. The number of para-hydroxylation sites is 1. The van der Waals surface area contributed by atoms with Crippen molar-refractivity contribution in [3.05, 3.63) is 30.3 Å². The van der Waals surface area contributed by atoms with Gasteiger partial charge in [-0.3, -0.25) is 0 Å². The van der Waals surface area contributed by atoms with Crippen molar-refractivity contribution in [1.82, 2.24) is 12.3 Å². The van der Waals surface area contributed by atoms with Crippen molar-refractivity contribution in [2.75, 3.05) is 0 Å². The molecule has 1 rings (SSSR count). The minimum Gasteiger partial charge on any atom is -0.860 e. The minimum atomic E-state index is -2.23. The Morgan fingerprint density at radius 2 is 1.50 bits per heavy atom. The molecule has 68 valence electrons. The van der Waals surface area contributed by atoms with E-state index >= 15 is 0 Å². The largest absolute Gasteiger partial charge is 0.860 e. The number of rotatable bonds is 2. The molecule has 0 aromatic heterocycles. The van der Waals surface area contributed by atoms with Gasteiger partial charge in [0.15, 0.2) is 0 Å². The van der Waals surface area contributed by atoms with Crippen molar-refractivity contribution < 1.29 is 14.7 Å². The molecule has 0 aliphatic carbocycles. The molecule has 0 saturated carbocycles. The average molecular weight is 172 g/mol. The van der Waals surface area contributed by atoms with Crippen molar-refractivity contribution in [2.45, 2.75) is 0 Å². The van der Waals surface area contributed by atoms with Gasteiger partial charge in [0.25, 0.3) is 0 Å². The first-order chi connectivity index (χ1) is 4.79. The third-order valence-electron chi connectivity index (χ3n) is 0.976. The van der Waals surface area contributed by atoms with E-state index in [-0.39, 0.29) is 12.3 Å². The van der Waals surface area contributed by atoms with Crippen molar-refractivity contribution in [3.8, 4) is 5.75 Å². The van der Waals surface area contributed by atoms with Gasteiger partial charge >= 0.3 is 0 Å². The highest BCUT2D eigenvalue weighted by molar-refractivity contribution is 6.29. The van der Waals surface area contributed by atoms with E-state index in [4.69, 9.17) is 0 Å². The first-order valence-electron chi connectivity index (χ1n) is 2.82. The lowest BCUT2D eigenvalue weighted by Crippen LogP contribution is -2.50. The maximum Gasteiger partial charge on any atom is 0.133 e. The Morgan fingerprint density at radius 3 is 1.92 bits per heavy atom. The van der Waals surface area contributed by atoms with E-state index in [1.807, 2.05) is 0 Å². The second-order valence-corrected chi connectivity index (χ2v) is 1.72. The van der Waals surface area contributed by atoms with Gasteiger partial charge in [-0.1, -0.05) is 18.2 Å². The maximum absolute atomic E-state index is 9.92. The van der Waals surface area contributed by atoms with E-state index < -0.39 is 7.32 Å². The Labute approximate surface area is 71.3 Å². The van der Waals surface area contributed by atoms with E-state index in [2.05, 4.69) is 4.65 Å². The zero-order valence-corrected chi connectivity index (χ0v) is 7.19. The number of hydrogen-bond acceptors (Lipinski definition) is 3. The molecule has 0 saturated heterocycles. The van der Waals surface area contributed by atoms with Crippen LogP contribution in [0.3, 0.4) is 0 Å². The van der Waals surface area contributed by atoms with E-state index in [9.17, 15) is 10.0 Å². The van der Waals surface area contributed by atoms with Gasteiger partial charge in [0.2, 0.25) is 0 Å². The number of benzene rings is 1. The molecule has 0 fully saturated rings. The summed E-state index contributed by atoms with van der Waals surface area (Å²) in [6.07, 6.45) is 0. The second kappa shape index (κ2) is 6.62. The highest BCUT2D eigenvalue weighted by atomic mass is 16.6. The van der Waals surface area contributed by atoms with E-state index in [0.717, 1.165) is 0 Å². The third-order valence-corrected chi connectivity index (χ3v) is 0.976. The Bertz CT molecular complexity index is 195. The van der Waals surface area contributed by atoms with Crippen LogP contribution in [0.2, 0.25) is 0 Å². The lowest BCUT2D eigenvalue weighted by molar-refractivity contribution is -0.372. The van der Waals surface area contributed by atoms with E-state index in [1.165, 1.54) is 0 Å². The molecule has 8 N–H and O–H groups in total. The predicted octanol–water partition coefficient (Wildman–Crippen LogP) is -0.477. The minimum absolute atomic E-state index is 0. The fraction of sp³-hybridized carbons (Fsp3) is 0. The highest BCUT2D eigenvalue weighted by Gasteiger charge is 1.84. The molecule has 0 radical (unpaired) electrons. The van der Waals surface area contributed by atoms with Crippen LogP contribution in [0.25, 0.3) is 0 Å². The zero-order chi connectivity index (χ0) is 7.40. The quantitative estimate of drug-likeness (QED) is 0.584. The van der Waals surface area contributed by atoms with Gasteiger partial charge < -0.3 is 27.0 Å². The van der Waals surface area contributed by atoms with Crippen molar-refractivity contribution in [1.29, 1.82) is 0 Å². The molecule has 1 aromatic carbocycles. The summed E-state index contributed by atoms with van der Waals surface area (Å²) >= 11 is 0. The smallest absolute Gasteiger partial charge is 0.133 e. The molecule has 0 amide bonds. The fourth-order valence-corrected chi connectivity index (χ4v) is 0.610. The zero-order valence-electron chi connectivity index (χ0n) is 7.19. The average Bonchev–Trinajstić information content (AvgIpc) is 1.88. The van der Waals surface area contributed by atoms with Crippen LogP contribution in [-0.2, 0) is 0 Å². The van der Waals surface area contributed by atoms with Crippen LogP contribution in [0.1, 0.15) is 0 Å². The summed E-state index contributed by atoms with van der Waals surface area (Å²) in [7, 11) is -2.23. The SMILES string of the molecule is [NH4+].[NH4+].[O-]B([O-])Oc1ccccc1. The second-order valence-electron chi connectivity index (χ2n) is 1.72. The molecule has 0 bridgehead atoms. The molecule has 12 heavy (non-hydrogen) atoms. The summed E-state index contributed by atoms with van der Waals surface area (Å²) in [6, 6.07) is 8.28. The molecule has 6 heteroatoms. The molecule has 0 atom stereocenters. The molecule has 1 aromatic rings. The summed E-state index contributed by atoms with van der Waals surface area (Å²) in [5, 5.41) is 19.8. The van der Waals surface area contributed by atoms with Crippen LogP contribution >= 0.6 is 0 Å². The predicted molar refractivity (Wildman–Crippen MR) is 44.8 cm³/mol. The standard InChI is InChI=1S/C6H5BO3.2H3N/c8-7(9)10-6-4-2-1-3-5-6;;/h1-5H;2*1H3/q-2;;/p+2. The molecule has 0 aliphatic rings. The molecular weight excluding hydrogens is 159 g/mol. The van der Waals surface area contributed by atoms with Crippen LogP contribution in [0, 0.1) is 0 Å². The summed E-state index contributed by atoms with van der Waals surface area (Å²) in [4.78, 5) is 0. The van der Waals surface area contributed by atoms with Gasteiger partial charge in [-0.15, -0.1) is 0 Å². The Morgan fingerprint density at radius 1 is 1.00 bits per heavy atom. The van der Waals surface area contributed by atoms with Crippen LogP contribution in [0.5, 0.6) is 5.75 Å². The molecule has 0 aliphatic heterocycles. The number of hydrogen-bond donors (Lipinski definition) is 2. The molecule has 0 heterocycles. The van der Waals surface area contributed by atoms with Gasteiger partial charge in [-0.05, 0) is 12.1 Å². The van der Waals surface area contributed by atoms with Crippen molar-refractivity contribution in [2.24, 2.45) is 0 Å². The van der Waals surface area contributed by atoms with Gasteiger partial charge in [0, 0.05) is 0 Å². The Hall–Kier alpha value is -1.08. The summed E-state index contributed by atoms with van der Waals surface area (Å²) in [5.41, 5.74) is 0. The summed E-state index contributed by atoms with van der Waals surface area (Å²) in [5.74, 6) is 0.317. The molecule has 0 spiro atoms. The molecule has 5 nitrogen and oxygen atoms in total.